The van der Waals surface area contributed by atoms with Crippen molar-refractivity contribution >= 4 is 39.1 Å². The maximum Gasteiger partial charge on any atom is 0.165 e. The highest BCUT2D eigenvalue weighted by Gasteiger charge is 2.30. The van der Waals surface area contributed by atoms with Crippen LogP contribution >= 0.6 is 39.1 Å². The minimum absolute atomic E-state index is 0.377. The van der Waals surface area contributed by atoms with E-state index in [0.29, 0.717) is 16.9 Å². The Kier molecular flexibility index (Phi) is 3.34. The number of aromatic nitrogens is 3. The number of hydrogen-bond acceptors (Lipinski definition) is 2. The van der Waals surface area contributed by atoms with E-state index in [2.05, 4.69) is 30.7 Å². The Morgan fingerprint density at radius 2 is 2.11 bits per heavy atom. The molecule has 1 aliphatic rings. The molecule has 0 aliphatic heterocycles. The number of rotatable bonds is 3. The van der Waals surface area contributed by atoms with Gasteiger partial charge in [0.15, 0.2) is 5.82 Å². The molecule has 0 spiro atoms. The van der Waals surface area contributed by atoms with Crippen molar-refractivity contribution < 1.29 is 0 Å². The van der Waals surface area contributed by atoms with E-state index in [1.165, 1.54) is 0 Å². The van der Waals surface area contributed by atoms with Crippen LogP contribution in [0.2, 0.25) is 5.02 Å². The summed E-state index contributed by atoms with van der Waals surface area (Å²) in [6, 6.07) is 6.14. The van der Waals surface area contributed by atoms with Gasteiger partial charge in [0.2, 0.25) is 0 Å². The van der Waals surface area contributed by atoms with Crippen molar-refractivity contribution in [3.05, 3.63) is 33.5 Å². The van der Waals surface area contributed by atoms with Crippen molar-refractivity contribution in [3.63, 3.8) is 0 Å². The van der Waals surface area contributed by atoms with Crippen molar-refractivity contribution in [2.75, 3.05) is 0 Å². The highest BCUT2D eigenvalue weighted by molar-refractivity contribution is 9.10. The molecule has 0 atom stereocenters. The Bertz CT molecular complexity index is 593. The van der Waals surface area contributed by atoms with E-state index in [1.54, 1.807) is 0 Å². The fourth-order valence-electron chi connectivity index (χ4n) is 1.98. The smallest absolute Gasteiger partial charge is 0.165 e. The quantitative estimate of drug-likeness (QED) is 0.769. The van der Waals surface area contributed by atoms with Crippen LogP contribution in [0.5, 0.6) is 0 Å². The third kappa shape index (κ3) is 2.17. The van der Waals surface area contributed by atoms with Crippen molar-refractivity contribution in [1.29, 1.82) is 0 Å². The molecule has 0 bridgehead atoms. The third-order valence-corrected chi connectivity index (χ3v) is 4.13. The molecule has 1 aliphatic carbocycles. The lowest BCUT2D eigenvalue weighted by molar-refractivity contribution is 0.712. The SMILES string of the molecule is ClCc1nnc(-c2cc(Cl)ccc2Br)n1C1CC1. The molecule has 0 saturated heterocycles. The molecule has 0 N–H and O–H groups in total. The molecule has 3 nitrogen and oxygen atoms in total. The molecular formula is C12H10BrCl2N3. The van der Waals surface area contributed by atoms with E-state index >= 15 is 0 Å². The number of hydrogen-bond donors (Lipinski definition) is 0. The second kappa shape index (κ2) is 4.83. The average Bonchev–Trinajstić information content (AvgIpc) is 3.12. The molecular weight excluding hydrogens is 337 g/mol. The molecule has 0 radical (unpaired) electrons. The van der Waals surface area contributed by atoms with E-state index in [1.807, 2.05) is 18.2 Å². The summed E-state index contributed by atoms with van der Waals surface area (Å²) in [5.41, 5.74) is 0.957. The summed E-state index contributed by atoms with van der Waals surface area (Å²) in [6.45, 7) is 0. The standard InChI is InChI=1S/C12H10BrCl2N3/c13-10-4-1-7(15)5-9(10)12-17-16-11(6-14)18(12)8-2-3-8/h1,4-5,8H,2-3,6H2. The van der Waals surface area contributed by atoms with E-state index in [-0.39, 0.29) is 0 Å². The maximum atomic E-state index is 6.05. The number of alkyl halides is 1. The van der Waals surface area contributed by atoms with Crippen LogP contribution in [0.3, 0.4) is 0 Å². The second-order valence-electron chi connectivity index (χ2n) is 4.30. The van der Waals surface area contributed by atoms with Crippen LogP contribution in [0.4, 0.5) is 0 Å². The molecule has 1 aromatic carbocycles. The molecule has 1 heterocycles. The predicted octanol–water partition coefficient (Wildman–Crippen LogP) is 4.43. The van der Waals surface area contributed by atoms with Gasteiger partial charge in [0, 0.05) is 21.1 Å². The zero-order valence-corrected chi connectivity index (χ0v) is 12.5. The van der Waals surface area contributed by atoms with Crippen LogP contribution in [0.15, 0.2) is 22.7 Å². The largest absolute Gasteiger partial charge is 0.307 e. The van der Waals surface area contributed by atoms with Crippen LogP contribution in [0.1, 0.15) is 24.7 Å². The zero-order valence-electron chi connectivity index (χ0n) is 9.41. The van der Waals surface area contributed by atoms with Gasteiger partial charge >= 0.3 is 0 Å². The first-order valence-electron chi connectivity index (χ1n) is 5.66. The van der Waals surface area contributed by atoms with Gasteiger partial charge in [0.1, 0.15) is 5.82 Å². The van der Waals surface area contributed by atoms with Gasteiger partial charge in [-0.25, -0.2) is 0 Å². The van der Waals surface area contributed by atoms with Gasteiger partial charge in [-0.3, -0.25) is 0 Å². The van der Waals surface area contributed by atoms with Gasteiger partial charge in [-0.1, -0.05) is 27.5 Å². The molecule has 18 heavy (non-hydrogen) atoms. The third-order valence-electron chi connectivity index (χ3n) is 2.97. The van der Waals surface area contributed by atoms with Gasteiger partial charge in [-0.15, -0.1) is 21.8 Å². The van der Waals surface area contributed by atoms with Crippen LogP contribution in [0.25, 0.3) is 11.4 Å². The average molecular weight is 347 g/mol. The Hall–Kier alpha value is -0.580. The minimum Gasteiger partial charge on any atom is -0.307 e. The summed E-state index contributed by atoms with van der Waals surface area (Å²) < 4.78 is 3.09. The molecule has 0 amide bonds. The normalized spacial score (nSPS) is 15.1. The summed E-state index contributed by atoms with van der Waals surface area (Å²) in [5, 5.41) is 9.11. The molecule has 94 valence electrons. The first-order chi connectivity index (χ1) is 8.70. The lowest BCUT2D eigenvalue weighted by Gasteiger charge is -2.09. The van der Waals surface area contributed by atoms with Gasteiger partial charge < -0.3 is 4.57 Å². The van der Waals surface area contributed by atoms with Crippen molar-refractivity contribution in [2.45, 2.75) is 24.8 Å². The van der Waals surface area contributed by atoms with Crippen LogP contribution in [-0.4, -0.2) is 14.8 Å². The Labute approximate surface area is 123 Å². The molecule has 1 saturated carbocycles. The first-order valence-corrected chi connectivity index (χ1v) is 7.36. The van der Waals surface area contributed by atoms with E-state index in [0.717, 1.165) is 34.5 Å². The molecule has 1 fully saturated rings. The summed E-state index contributed by atoms with van der Waals surface area (Å²) in [5.74, 6) is 2.03. The second-order valence-corrected chi connectivity index (χ2v) is 5.86. The maximum absolute atomic E-state index is 6.05. The highest BCUT2D eigenvalue weighted by Crippen LogP contribution is 2.40. The zero-order chi connectivity index (χ0) is 12.7. The monoisotopic (exact) mass is 345 g/mol. The van der Waals surface area contributed by atoms with Gasteiger partial charge in [-0.2, -0.15) is 0 Å². The fraction of sp³-hybridized carbons (Fsp3) is 0.333. The van der Waals surface area contributed by atoms with E-state index in [4.69, 9.17) is 23.2 Å². The van der Waals surface area contributed by atoms with E-state index in [9.17, 15) is 0 Å². The van der Waals surface area contributed by atoms with Crippen molar-refractivity contribution in [1.82, 2.24) is 14.8 Å². The Morgan fingerprint density at radius 1 is 1.33 bits per heavy atom. The molecule has 3 rings (SSSR count). The fourth-order valence-corrected chi connectivity index (χ4v) is 2.76. The first kappa shape index (κ1) is 12.5. The summed E-state index contributed by atoms with van der Waals surface area (Å²) in [4.78, 5) is 0. The summed E-state index contributed by atoms with van der Waals surface area (Å²) in [6.07, 6.45) is 2.32. The Balaban J connectivity index is 2.16. The predicted molar refractivity (Wildman–Crippen MR) is 76.0 cm³/mol. The topological polar surface area (TPSA) is 30.7 Å². The summed E-state index contributed by atoms with van der Waals surface area (Å²) >= 11 is 15.5. The van der Waals surface area contributed by atoms with Gasteiger partial charge in [-0.05, 0) is 31.0 Å². The number of benzene rings is 1. The van der Waals surface area contributed by atoms with Crippen molar-refractivity contribution in [3.8, 4) is 11.4 Å². The molecule has 1 aromatic heterocycles. The van der Waals surface area contributed by atoms with Crippen LogP contribution in [-0.2, 0) is 5.88 Å². The van der Waals surface area contributed by atoms with Crippen LogP contribution in [0, 0.1) is 0 Å². The lowest BCUT2D eigenvalue weighted by atomic mass is 10.2. The molecule has 0 unspecified atom stereocenters. The number of nitrogens with zero attached hydrogens (tertiary/aromatic N) is 3. The summed E-state index contributed by atoms with van der Waals surface area (Å²) in [7, 11) is 0. The van der Waals surface area contributed by atoms with Gasteiger partial charge in [0.25, 0.3) is 0 Å². The van der Waals surface area contributed by atoms with Crippen molar-refractivity contribution in [2.24, 2.45) is 0 Å². The highest BCUT2D eigenvalue weighted by atomic mass is 79.9. The minimum atomic E-state index is 0.377. The number of halogens is 3. The lowest BCUT2D eigenvalue weighted by Crippen LogP contribution is -2.02. The molecule has 2 aromatic rings. The van der Waals surface area contributed by atoms with E-state index < -0.39 is 0 Å². The van der Waals surface area contributed by atoms with Crippen LogP contribution < -0.4 is 0 Å². The Morgan fingerprint density at radius 3 is 2.78 bits per heavy atom. The van der Waals surface area contributed by atoms with Gasteiger partial charge in [0.05, 0.1) is 5.88 Å². The molecule has 6 heteroatoms.